The van der Waals surface area contributed by atoms with Crippen molar-refractivity contribution in [2.24, 2.45) is 0 Å². The summed E-state index contributed by atoms with van der Waals surface area (Å²) < 4.78 is 0. The molecule has 0 saturated carbocycles. The van der Waals surface area contributed by atoms with E-state index in [1.807, 2.05) is 12.3 Å². The first kappa shape index (κ1) is 8.86. The van der Waals surface area contributed by atoms with E-state index in [1.165, 1.54) is 23.8 Å². The van der Waals surface area contributed by atoms with Gasteiger partial charge in [0.05, 0.1) is 5.52 Å². The SMILES string of the molecule is c1cnc2c([C@@H]3CCCN3)cccc2c1. The number of benzene rings is 1. The summed E-state index contributed by atoms with van der Waals surface area (Å²) >= 11 is 0. The van der Waals surface area contributed by atoms with Gasteiger partial charge in [-0.25, -0.2) is 0 Å². The van der Waals surface area contributed by atoms with Crippen LogP contribution in [0.1, 0.15) is 24.4 Å². The number of nitrogens with one attached hydrogen (secondary N) is 1. The van der Waals surface area contributed by atoms with E-state index in [0.717, 1.165) is 12.1 Å². The first-order valence-electron chi connectivity index (χ1n) is 5.52. The summed E-state index contributed by atoms with van der Waals surface area (Å²) in [6.07, 6.45) is 4.38. The van der Waals surface area contributed by atoms with Gasteiger partial charge in [-0.15, -0.1) is 0 Å². The highest BCUT2D eigenvalue weighted by atomic mass is 14.9. The number of rotatable bonds is 1. The molecule has 1 aliphatic heterocycles. The molecule has 0 bridgehead atoms. The highest BCUT2D eigenvalue weighted by Gasteiger charge is 2.18. The Morgan fingerprint density at radius 3 is 3.00 bits per heavy atom. The predicted octanol–water partition coefficient (Wildman–Crippen LogP) is 2.66. The van der Waals surface area contributed by atoms with E-state index in [1.54, 1.807) is 0 Å². The van der Waals surface area contributed by atoms with Crippen LogP contribution in [0.25, 0.3) is 10.9 Å². The van der Waals surface area contributed by atoms with Crippen LogP contribution in [-0.2, 0) is 0 Å². The number of para-hydroxylation sites is 1. The van der Waals surface area contributed by atoms with E-state index in [-0.39, 0.29) is 0 Å². The zero-order valence-corrected chi connectivity index (χ0v) is 8.61. The molecule has 0 radical (unpaired) electrons. The first-order chi connectivity index (χ1) is 7.45. The summed E-state index contributed by atoms with van der Waals surface area (Å²) in [6, 6.07) is 11.1. The molecular formula is C13H14N2. The van der Waals surface area contributed by atoms with Gasteiger partial charge in [-0.2, -0.15) is 0 Å². The summed E-state index contributed by atoms with van der Waals surface area (Å²) in [6.45, 7) is 1.13. The second kappa shape index (κ2) is 3.63. The molecule has 3 rings (SSSR count). The minimum Gasteiger partial charge on any atom is -0.310 e. The van der Waals surface area contributed by atoms with E-state index in [2.05, 4.69) is 34.6 Å². The van der Waals surface area contributed by atoms with E-state index in [9.17, 15) is 0 Å². The van der Waals surface area contributed by atoms with Gasteiger partial charge in [-0.3, -0.25) is 4.98 Å². The van der Waals surface area contributed by atoms with Gasteiger partial charge in [0, 0.05) is 17.6 Å². The molecule has 2 heterocycles. The monoisotopic (exact) mass is 198 g/mol. The number of pyridine rings is 1. The van der Waals surface area contributed by atoms with Gasteiger partial charge in [0.1, 0.15) is 0 Å². The fraction of sp³-hybridized carbons (Fsp3) is 0.308. The van der Waals surface area contributed by atoms with Crippen LogP contribution >= 0.6 is 0 Å². The lowest BCUT2D eigenvalue weighted by Crippen LogP contribution is -2.13. The molecule has 1 atom stereocenters. The molecule has 76 valence electrons. The molecule has 15 heavy (non-hydrogen) atoms. The minimum absolute atomic E-state index is 0.503. The van der Waals surface area contributed by atoms with Crippen LogP contribution in [0.2, 0.25) is 0 Å². The highest BCUT2D eigenvalue weighted by molar-refractivity contribution is 5.82. The third-order valence-corrected chi connectivity index (χ3v) is 3.10. The summed E-state index contributed by atoms with van der Waals surface area (Å²) in [5.41, 5.74) is 2.50. The van der Waals surface area contributed by atoms with Gasteiger partial charge in [-0.05, 0) is 31.0 Å². The maximum Gasteiger partial charge on any atom is 0.0749 e. The number of aromatic nitrogens is 1. The van der Waals surface area contributed by atoms with Gasteiger partial charge in [0.15, 0.2) is 0 Å². The fourth-order valence-electron chi connectivity index (χ4n) is 2.36. The molecule has 1 aromatic carbocycles. The van der Waals surface area contributed by atoms with Crippen molar-refractivity contribution in [3.05, 3.63) is 42.1 Å². The summed E-state index contributed by atoms with van der Waals surface area (Å²) in [4.78, 5) is 4.49. The quantitative estimate of drug-likeness (QED) is 0.762. The normalized spacial score (nSPS) is 20.9. The lowest BCUT2D eigenvalue weighted by molar-refractivity contribution is 0.651. The lowest BCUT2D eigenvalue weighted by Gasteiger charge is -2.12. The topological polar surface area (TPSA) is 24.9 Å². The smallest absolute Gasteiger partial charge is 0.0749 e. The first-order valence-corrected chi connectivity index (χ1v) is 5.52. The molecule has 0 amide bonds. The van der Waals surface area contributed by atoms with Crippen molar-refractivity contribution in [1.82, 2.24) is 10.3 Å². The molecule has 2 heteroatoms. The Hall–Kier alpha value is -1.41. The van der Waals surface area contributed by atoms with Crippen LogP contribution < -0.4 is 5.32 Å². The Labute approximate surface area is 89.3 Å². The Bertz CT molecular complexity index is 467. The van der Waals surface area contributed by atoms with Crippen LogP contribution in [0.3, 0.4) is 0 Å². The second-order valence-corrected chi connectivity index (χ2v) is 4.07. The van der Waals surface area contributed by atoms with Gasteiger partial charge in [0.2, 0.25) is 0 Å². The van der Waals surface area contributed by atoms with Crippen molar-refractivity contribution < 1.29 is 0 Å². The summed E-state index contributed by atoms with van der Waals surface area (Å²) in [5.74, 6) is 0. The van der Waals surface area contributed by atoms with Crippen molar-refractivity contribution in [3.8, 4) is 0 Å². The standard InChI is InChI=1S/C13H14N2/c1-4-10-5-2-9-15-13(10)11(6-1)12-7-3-8-14-12/h1-2,4-6,9,12,14H,3,7-8H2/t12-/m0/s1. The summed E-state index contributed by atoms with van der Waals surface area (Å²) in [5, 5.41) is 4.76. The van der Waals surface area contributed by atoms with Crippen molar-refractivity contribution in [3.63, 3.8) is 0 Å². The highest BCUT2D eigenvalue weighted by Crippen LogP contribution is 2.27. The Morgan fingerprint density at radius 2 is 2.13 bits per heavy atom. The van der Waals surface area contributed by atoms with Gasteiger partial charge >= 0.3 is 0 Å². The van der Waals surface area contributed by atoms with Crippen LogP contribution in [0, 0.1) is 0 Å². The van der Waals surface area contributed by atoms with Crippen LogP contribution in [0.5, 0.6) is 0 Å². The summed E-state index contributed by atoms with van der Waals surface area (Å²) in [7, 11) is 0. The molecule has 0 unspecified atom stereocenters. The van der Waals surface area contributed by atoms with E-state index < -0.39 is 0 Å². The molecule has 1 N–H and O–H groups in total. The maximum absolute atomic E-state index is 4.49. The van der Waals surface area contributed by atoms with Crippen LogP contribution in [-0.4, -0.2) is 11.5 Å². The van der Waals surface area contributed by atoms with Crippen molar-refractivity contribution in [1.29, 1.82) is 0 Å². The molecule has 1 aromatic heterocycles. The number of hydrogen-bond acceptors (Lipinski definition) is 2. The molecule has 2 aromatic rings. The van der Waals surface area contributed by atoms with E-state index >= 15 is 0 Å². The number of fused-ring (bicyclic) bond motifs is 1. The number of hydrogen-bond donors (Lipinski definition) is 1. The minimum atomic E-state index is 0.503. The Balaban J connectivity index is 2.16. The van der Waals surface area contributed by atoms with Crippen molar-refractivity contribution in [2.45, 2.75) is 18.9 Å². The Kier molecular flexibility index (Phi) is 2.14. The zero-order chi connectivity index (χ0) is 10.1. The predicted molar refractivity (Wildman–Crippen MR) is 61.7 cm³/mol. The molecule has 2 nitrogen and oxygen atoms in total. The largest absolute Gasteiger partial charge is 0.310 e. The lowest BCUT2D eigenvalue weighted by atomic mass is 10.0. The molecule has 1 saturated heterocycles. The fourth-order valence-corrected chi connectivity index (χ4v) is 2.36. The third-order valence-electron chi connectivity index (χ3n) is 3.10. The van der Waals surface area contributed by atoms with Gasteiger partial charge in [-0.1, -0.05) is 24.3 Å². The zero-order valence-electron chi connectivity index (χ0n) is 8.61. The van der Waals surface area contributed by atoms with Crippen LogP contribution in [0.15, 0.2) is 36.5 Å². The van der Waals surface area contributed by atoms with E-state index in [4.69, 9.17) is 0 Å². The average molecular weight is 198 g/mol. The third kappa shape index (κ3) is 1.51. The molecule has 1 fully saturated rings. The van der Waals surface area contributed by atoms with E-state index in [0.29, 0.717) is 6.04 Å². The molecule has 1 aliphatic rings. The maximum atomic E-state index is 4.49. The van der Waals surface area contributed by atoms with Crippen molar-refractivity contribution >= 4 is 10.9 Å². The second-order valence-electron chi connectivity index (χ2n) is 4.07. The van der Waals surface area contributed by atoms with Crippen molar-refractivity contribution in [2.75, 3.05) is 6.54 Å². The number of nitrogens with zero attached hydrogens (tertiary/aromatic N) is 1. The molecule has 0 spiro atoms. The van der Waals surface area contributed by atoms with Crippen LogP contribution in [0.4, 0.5) is 0 Å². The average Bonchev–Trinajstić information content (AvgIpc) is 2.82. The van der Waals surface area contributed by atoms with Gasteiger partial charge in [0.25, 0.3) is 0 Å². The molecule has 0 aliphatic carbocycles. The molecular weight excluding hydrogens is 184 g/mol. The van der Waals surface area contributed by atoms with Gasteiger partial charge < -0.3 is 5.32 Å². The Morgan fingerprint density at radius 1 is 1.20 bits per heavy atom.